The summed E-state index contributed by atoms with van der Waals surface area (Å²) in [6.07, 6.45) is 10.9. The predicted octanol–water partition coefficient (Wildman–Crippen LogP) is 4.70. The Bertz CT molecular complexity index is 899. The van der Waals surface area contributed by atoms with Crippen LogP contribution >= 0.6 is 0 Å². The highest BCUT2D eigenvalue weighted by Crippen LogP contribution is 2.22. The van der Waals surface area contributed by atoms with E-state index in [1.54, 1.807) is 6.20 Å². The van der Waals surface area contributed by atoms with Gasteiger partial charge in [0, 0.05) is 37.5 Å². The molecule has 1 atom stereocenters. The molecule has 0 saturated carbocycles. The van der Waals surface area contributed by atoms with Gasteiger partial charge in [0.15, 0.2) is 6.29 Å². The lowest BCUT2D eigenvalue weighted by atomic mass is 10.00. The Morgan fingerprint density at radius 3 is 2.73 bits per heavy atom. The number of rotatable bonds is 12. The predicted molar refractivity (Wildman–Crippen MR) is 125 cm³/mol. The summed E-state index contributed by atoms with van der Waals surface area (Å²) in [5.74, 6) is -0.340. The number of carbonyl (C=O) groups excluding carboxylic acids is 1. The fraction of sp³-hybridized carbons (Fsp3) is 0.480. The molecular weight excluding hydrogens is 422 g/mol. The Morgan fingerprint density at radius 1 is 1.06 bits per heavy atom. The molecular formula is C25H33N3O5. The van der Waals surface area contributed by atoms with Gasteiger partial charge in [0.2, 0.25) is 0 Å². The average Bonchev–Trinajstić information content (AvgIpc) is 2.85. The number of aromatic nitrogens is 1. The molecule has 1 aliphatic heterocycles. The molecule has 1 saturated heterocycles. The maximum Gasteiger partial charge on any atom is 0.404 e. The highest BCUT2D eigenvalue weighted by molar-refractivity contribution is 5.94. The molecule has 8 nitrogen and oxygen atoms in total. The van der Waals surface area contributed by atoms with Crippen LogP contribution in [-0.2, 0) is 16.0 Å². The lowest BCUT2D eigenvalue weighted by Gasteiger charge is -2.22. The van der Waals surface area contributed by atoms with E-state index in [0.717, 1.165) is 68.9 Å². The molecule has 33 heavy (non-hydrogen) atoms. The van der Waals surface area contributed by atoms with Crippen LogP contribution < -0.4 is 10.8 Å². The van der Waals surface area contributed by atoms with Crippen molar-refractivity contribution in [2.45, 2.75) is 64.1 Å². The highest BCUT2D eigenvalue weighted by atomic mass is 16.8. The van der Waals surface area contributed by atoms with Crippen molar-refractivity contribution < 1.29 is 24.3 Å². The first-order valence-electron chi connectivity index (χ1n) is 11.7. The van der Waals surface area contributed by atoms with E-state index in [4.69, 9.17) is 14.7 Å². The number of benzene rings is 1. The summed E-state index contributed by atoms with van der Waals surface area (Å²) >= 11 is 0. The number of ether oxygens (including phenoxy) is 1. The summed E-state index contributed by atoms with van der Waals surface area (Å²) in [5.41, 5.74) is 6.06. The first kappa shape index (κ1) is 24.7. The Labute approximate surface area is 194 Å². The highest BCUT2D eigenvalue weighted by Gasteiger charge is 2.16. The van der Waals surface area contributed by atoms with Gasteiger partial charge in [0.25, 0.3) is 5.91 Å². The van der Waals surface area contributed by atoms with Crippen LogP contribution in [0.1, 0.15) is 67.3 Å². The number of hydrogen-bond acceptors (Lipinski definition) is 5. The summed E-state index contributed by atoms with van der Waals surface area (Å²) < 4.78 is 5.47. The van der Waals surface area contributed by atoms with E-state index >= 15 is 0 Å². The number of amides is 2. The first-order valence-corrected chi connectivity index (χ1v) is 11.7. The SMILES string of the molecule is O=C(O)NCCCCCCCc1cccc(-c2cncc(C(=O)NOC3CCCCO3)c2)c1. The molecule has 1 aromatic heterocycles. The zero-order valence-electron chi connectivity index (χ0n) is 18.9. The Morgan fingerprint density at radius 2 is 1.91 bits per heavy atom. The topological polar surface area (TPSA) is 110 Å². The van der Waals surface area contributed by atoms with Gasteiger partial charge in [-0.25, -0.2) is 15.1 Å². The van der Waals surface area contributed by atoms with Gasteiger partial charge in [-0.1, -0.05) is 43.5 Å². The third kappa shape index (κ3) is 8.82. The molecule has 0 aliphatic carbocycles. The molecule has 2 heterocycles. The van der Waals surface area contributed by atoms with E-state index in [2.05, 4.69) is 27.9 Å². The fourth-order valence-corrected chi connectivity index (χ4v) is 3.79. The molecule has 2 amide bonds. The largest absolute Gasteiger partial charge is 0.465 e. The van der Waals surface area contributed by atoms with E-state index < -0.39 is 12.4 Å². The van der Waals surface area contributed by atoms with Crippen LogP contribution in [0.5, 0.6) is 0 Å². The second-order valence-electron chi connectivity index (χ2n) is 8.26. The fourth-order valence-electron chi connectivity index (χ4n) is 3.79. The number of nitrogens with zero attached hydrogens (tertiary/aromatic N) is 1. The summed E-state index contributed by atoms with van der Waals surface area (Å²) in [6, 6.07) is 10.1. The number of carbonyl (C=O) groups is 2. The molecule has 1 aliphatic rings. The average molecular weight is 456 g/mol. The zero-order chi connectivity index (χ0) is 23.3. The van der Waals surface area contributed by atoms with Crippen molar-refractivity contribution in [2.24, 2.45) is 0 Å². The molecule has 2 aromatic rings. The molecule has 0 bridgehead atoms. The third-order valence-corrected chi connectivity index (χ3v) is 5.60. The van der Waals surface area contributed by atoms with Gasteiger partial charge in [-0.05, 0) is 49.3 Å². The number of unbranched alkanes of at least 4 members (excludes halogenated alkanes) is 4. The summed E-state index contributed by atoms with van der Waals surface area (Å²) in [6.45, 7) is 1.17. The zero-order valence-corrected chi connectivity index (χ0v) is 18.9. The van der Waals surface area contributed by atoms with Crippen LogP contribution in [0, 0.1) is 0 Å². The Kier molecular flexibility index (Phi) is 10.1. The van der Waals surface area contributed by atoms with E-state index in [0.29, 0.717) is 18.7 Å². The lowest BCUT2D eigenvalue weighted by molar-refractivity contribution is -0.186. The molecule has 178 valence electrons. The van der Waals surface area contributed by atoms with Crippen molar-refractivity contribution in [2.75, 3.05) is 13.2 Å². The van der Waals surface area contributed by atoms with Gasteiger partial charge in [0.05, 0.1) is 5.56 Å². The molecule has 1 aromatic carbocycles. The van der Waals surface area contributed by atoms with E-state index in [-0.39, 0.29) is 5.91 Å². The van der Waals surface area contributed by atoms with Crippen molar-refractivity contribution in [1.82, 2.24) is 15.8 Å². The van der Waals surface area contributed by atoms with Crippen molar-refractivity contribution in [3.05, 3.63) is 53.9 Å². The number of carboxylic acid groups (broad SMARTS) is 1. The third-order valence-electron chi connectivity index (χ3n) is 5.60. The molecule has 3 N–H and O–H groups in total. The van der Waals surface area contributed by atoms with Crippen LogP contribution in [0.25, 0.3) is 11.1 Å². The molecule has 1 unspecified atom stereocenters. The normalized spacial score (nSPS) is 15.7. The summed E-state index contributed by atoms with van der Waals surface area (Å²) in [5, 5.41) is 10.9. The second-order valence-corrected chi connectivity index (χ2v) is 8.26. The van der Waals surface area contributed by atoms with E-state index in [1.165, 1.54) is 11.8 Å². The van der Waals surface area contributed by atoms with Crippen LogP contribution in [0.2, 0.25) is 0 Å². The van der Waals surface area contributed by atoms with Crippen molar-refractivity contribution >= 4 is 12.0 Å². The molecule has 3 rings (SSSR count). The van der Waals surface area contributed by atoms with Crippen molar-refractivity contribution in [3.8, 4) is 11.1 Å². The minimum atomic E-state index is -0.960. The summed E-state index contributed by atoms with van der Waals surface area (Å²) in [4.78, 5) is 32.5. The van der Waals surface area contributed by atoms with E-state index in [1.807, 2.05) is 18.2 Å². The van der Waals surface area contributed by atoms with Gasteiger partial charge in [-0.2, -0.15) is 0 Å². The van der Waals surface area contributed by atoms with Crippen LogP contribution in [0.15, 0.2) is 42.7 Å². The van der Waals surface area contributed by atoms with Crippen LogP contribution in [-0.4, -0.2) is 41.5 Å². The number of hydrogen-bond donors (Lipinski definition) is 3. The Hall–Kier alpha value is -2.97. The maximum absolute atomic E-state index is 12.5. The van der Waals surface area contributed by atoms with E-state index in [9.17, 15) is 9.59 Å². The maximum atomic E-state index is 12.5. The number of pyridine rings is 1. The minimum absolute atomic E-state index is 0.340. The van der Waals surface area contributed by atoms with Gasteiger partial charge in [0.1, 0.15) is 0 Å². The molecule has 1 fully saturated rings. The van der Waals surface area contributed by atoms with Gasteiger partial charge in [-0.15, -0.1) is 0 Å². The van der Waals surface area contributed by atoms with Crippen molar-refractivity contribution in [3.63, 3.8) is 0 Å². The smallest absolute Gasteiger partial charge is 0.404 e. The first-order chi connectivity index (χ1) is 16.1. The van der Waals surface area contributed by atoms with Crippen molar-refractivity contribution in [1.29, 1.82) is 0 Å². The summed E-state index contributed by atoms with van der Waals surface area (Å²) in [7, 11) is 0. The number of aryl methyl sites for hydroxylation is 1. The number of hydroxylamine groups is 1. The lowest BCUT2D eigenvalue weighted by Crippen LogP contribution is -2.33. The number of nitrogens with one attached hydrogen (secondary N) is 2. The van der Waals surface area contributed by atoms with Gasteiger partial charge < -0.3 is 15.2 Å². The molecule has 8 heteroatoms. The van der Waals surface area contributed by atoms with Crippen LogP contribution in [0.3, 0.4) is 0 Å². The second kappa shape index (κ2) is 13.5. The monoisotopic (exact) mass is 455 g/mol. The standard InChI is InChI=1S/C25H33N3O5/c29-24(28-33-23-12-5-7-14-32-23)22-16-21(17-26-18-22)20-11-8-10-19(15-20)9-4-2-1-3-6-13-27-25(30)31/h8,10-11,15-18,23,27H,1-7,9,12-14H2,(H,28,29)(H,30,31). The van der Waals surface area contributed by atoms with Gasteiger partial charge in [-0.3, -0.25) is 9.78 Å². The molecule has 0 radical (unpaired) electrons. The van der Waals surface area contributed by atoms with Crippen LogP contribution in [0.4, 0.5) is 4.79 Å². The quantitative estimate of drug-likeness (QED) is 0.316. The minimum Gasteiger partial charge on any atom is -0.465 e. The Balaban J connectivity index is 1.46. The van der Waals surface area contributed by atoms with Gasteiger partial charge >= 0.3 is 6.09 Å². The molecule has 0 spiro atoms.